The lowest BCUT2D eigenvalue weighted by atomic mass is 10.0. The van der Waals surface area contributed by atoms with E-state index in [2.05, 4.69) is 36.8 Å². The summed E-state index contributed by atoms with van der Waals surface area (Å²) in [6.07, 6.45) is 5.26. The fourth-order valence-corrected chi connectivity index (χ4v) is 3.80. The van der Waals surface area contributed by atoms with Crippen LogP contribution in [0.1, 0.15) is 31.9 Å². The number of thioether (sulfide) groups is 1. The van der Waals surface area contributed by atoms with E-state index < -0.39 is 6.04 Å². The van der Waals surface area contributed by atoms with Crippen LogP contribution in [0.3, 0.4) is 0 Å². The van der Waals surface area contributed by atoms with E-state index in [1.54, 1.807) is 7.05 Å². The molecule has 1 atom stereocenters. The molecule has 2 heterocycles. The Kier molecular flexibility index (Phi) is 4.31. The van der Waals surface area contributed by atoms with Crippen molar-refractivity contribution in [2.24, 2.45) is 0 Å². The van der Waals surface area contributed by atoms with Gasteiger partial charge < -0.3 is 9.47 Å². The molecule has 2 aromatic rings. The first-order chi connectivity index (χ1) is 11.0. The molecule has 0 N–H and O–H groups in total. The van der Waals surface area contributed by atoms with E-state index in [0.29, 0.717) is 0 Å². The first-order valence-electron chi connectivity index (χ1n) is 7.68. The Balaban J connectivity index is 1.97. The van der Waals surface area contributed by atoms with Crippen LogP contribution in [-0.2, 0) is 11.3 Å². The topological polar surface area (TPSA) is 42.3 Å². The molecule has 1 unspecified atom stereocenters. The average Bonchev–Trinajstić information content (AvgIpc) is 3.01. The Labute approximate surface area is 140 Å². The highest BCUT2D eigenvalue weighted by Gasteiger charge is 2.39. The monoisotopic (exact) mass is 328 g/mol. The van der Waals surface area contributed by atoms with Crippen molar-refractivity contribution in [2.45, 2.75) is 32.9 Å². The van der Waals surface area contributed by atoms with E-state index in [4.69, 9.17) is 0 Å². The standard InChI is InChI=1S/C18H20N2O2S/c1-12(2)6-5-10-20-11-9-13-14(7-4-8-15(13)20)16-17(21)23-18(22)19(16)3/h4,6-9,11,16H,5,10H2,1-3H3. The quantitative estimate of drug-likeness (QED) is 0.783. The molecular weight excluding hydrogens is 308 g/mol. The van der Waals surface area contributed by atoms with Gasteiger partial charge in [0.05, 0.1) is 0 Å². The molecule has 0 radical (unpaired) electrons. The number of hydrogen-bond acceptors (Lipinski definition) is 3. The summed E-state index contributed by atoms with van der Waals surface area (Å²) in [5.41, 5.74) is 3.33. The van der Waals surface area contributed by atoms with E-state index in [1.807, 2.05) is 18.2 Å². The van der Waals surface area contributed by atoms with Crippen LogP contribution >= 0.6 is 11.8 Å². The number of fused-ring (bicyclic) bond motifs is 1. The Morgan fingerprint density at radius 3 is 2.70 bits per heavy atom. The molecule has 5 heteroatoms. The van der Waals surface area contributed by atoms with Crippen LogP contribution in [0, 0.1) is 0 Å². The molecule has 0 aliphatic carbocycles. The summed E-state index contributed by atoms with van der Waals surface area (Å²) in [5, 5.41) is 0.771. The van der Waals surface area contributed by atoms with Crippen LogP contribution in [0.25, 0.3) is 10.9 Å². The smallest absolute Gasteiger partial charge is 0.289 e. The zero-order chi connectivity index (χ0) is 16.6. The number of carbonyl (C=O) groups excluding carboxylic acids is 2. The average molecular weight is 328 g/mol. The Hall–Kier alpha value is -2.01. The normalized spacial score (nSPS) is 18.0. The summed E-state index contributed by atoms with van der Waals surface area (Å²) in [5.74, 6) is 0. The van der Waals surface area contributed by atoms with E-state index >= 15 is 0 Å². The van der Waals surface area contributed by atoms with Gasteiger partial charge in [0.15, 0.2) is 0 Å². The summed E-state index contributed by atoms with van der Waals surface area (Å²) in [6.45, 7) is 5.10. The zero-order valence-electron chi connectivity index (χ0n) is 13.6. The third-order valence-corrected chi connectivity index (χ3v) is 5.04. The maximum Gasteiger partial charge on any atom is 0.289 e. The third kappa shape index (κ3) is 2.93. The number of nitrogens with zero attached hydrogens (tertiary/aromatic N) is 2. The summed E-state index contributed by atoms with van der Waals surface area (Å²) >= 11 is 0.797. The van der Waals surface area contributed by atoms with Crippen molar-refractivity contribution in [2.75, 3.05) is 7.05 Å². The number of carbonyl (C=O) groups is 2. The second-order valence-electron chi connectivity index (χ2n) is 6.06. The molecule has 1 amide bonds. The number of hydrogen-bond donors (Lipinski definition) is 0. The lowest BCUT2D eigenvalue weighted by Crippen LogP contribution is -2.23. The van der Waals surface area contributed by atoms with E-state index in [9.17, 15) is 9.59 Å². The first-order valence-corrected chi connectivity index (χ1v) is 8.50. The minimum atomic E-state index is -0.482. The predicted molar refractivity (Wildman–Crippen MR) is 94.5 cm³/mol. The number of likely N-dealkylation sites (N-methyl/N-ethyl adjacent to an activating group) is 1. The Morgan fingerprint density at radius 2 is 2.04 bits per heavy atom. The zero-order valence-corrected chi connectivity index (χ0v) is 14.4. The second-order valence-corrected chi connectivity index (χ2v) is 7.02. The largest absolute Gasteiger partial charge is 0.347 e. The number of amides is 1. The highest BCUT2D eigenvalue weighted by atomic mass is 32.2. The molecule has 1 aromatic carbocycles. The number of aryl methyl sites for hydroxylation is 1. The minimum Gasteiger partial charge on any atom is -0.347 e. The molecule has 0 spiro atoms. The van der Waals surface area contributed by atoms with Gasteiger partial charge in [0.25, 0.3) is 5.24 Å². The van der Waals surface area contributed by atoms with E-state index in [1.165, 1.54) is 10.5 Å². The molecule has 23 heavy (non-hydrogen) atoms. The van der Waals surface area contributed by atoms with Crippen molar-refractivity contribution in [1.29, 1.82) is 0 Å². The van der Waals surface area contributed by atoms with Crippen LogP contribution in [0.2, 0.25) is 0 Å². The van der Waals surface area contributed by atoms with Crippen molar-refractivity contribution in [1.82, 2.24) is 9.47 Å². The molecule has 0 bridgehead atoms. The fraction of sp³-hybridized carbons (Fsp3) is 0.333. The van der Waals surface area contributed by atoms with E-state index in [0.717, 1.165) is 41.2 Å². The van der Waals surface area contributed by atoms with Gasteiger partial charge in [-0.3, -0.25) is 9.59 Å². The highest BCUT2D eigenvalue weighted by molar-refractivity contribution is 8.26. The van der Waals surface area contributed by atoms with Crippen LogP contribution < -0.4 is 0 Å². The maximum absolute atomic E-state index is 12.2. The van der Waals surface area contributed by atoms with Gasteiger partial charge in [-0.05, 0) is 38.0 Å². The van der Waals surface area contributed by atoms with Crippen molar-refractivity contribution in [3.05, 3.63) is 47.7 Å². The van der Waals surface area contributed by atoms with Gasteiger partial charge in [0, 0.05) is 42.5 Å². The number of allylic oxidation sites excluding steroid dienone is 2. The molecule has 0 saturated carbocycles. The SMILES string of the molecule is CC(C)=CCCn1ccc2c(C3C(=O)SC(=O)N3C)cccc21. The summed E-state index contributed by atoms with van der Waals surface area (Å²) in [6, 6.07) is 7.53. The Morgan fingerprint density at radius 1 is 1.26 bits per heavy atom. The first kappa shape index (κ1) is 15.9. The van der Waals surface area contributed by atoms with Crippen molar-refractivity contribution in [3.8, 4) is 0 Å². The summed E-state index contributed by atoms with van der Waals surface area (Å²) < 4.78 is 2.20. The number of aromatic nitrogens is 1. The van der Waals surface area contributed by atoms with Crippen LogP contribution in [-0.4, -0.2) is 26.9 Å². The van der Waals surface area contributed by atoms with Gasteiger partial charge in [-0.1, -0.05) is 23.8 Å². The van der Waals surface area contributed by atoms with Crippen molar-refractivity contribution in [3.63, 3.8) is 0 Å². The van der Waals surface area contributed by atoms with Crippen LogP contribution in [0.5, 0.6) is 0 Å². The minimum absolute atomic E-state index is 0.0951. The Bertz CT molecular complexity index is 802. The lowest BCUT2D eigenvalue weighted by Gasteiger charge is -2.18. The predicted octanol–water partition coefficient (Wildman–Crippen LogP) is 4.36. The van der Waals surface area contributed by atoms with Gasteiger partial charge >= 0.3 is 0 Å². The summed E-state index contributed by atoms with van der Waals surface area (Å²) in [7, 11) is 1.69. The third-order valence-electron chi connectivity index (χ3n) is 4.15. The molecule has 1 fully saturated rings. The highest BCUT2D eigenvalue weighted by Crippen LogP contribution is 2.38. The molecule has 1 aliphatic rings. The molecule has 1 saturated heterocycles. The van der Waals surface area contributed by atoms with Crippen LogP contribution in [0.4, 0.5) is 4.79 Å². The maximum atomic E-state index is 12.2. The summed E-state index contributed by atoms with van der Waals surface area (Å²) in [4.78, 5) is 25.5. The van der Waals surface area contributed by atoms with Gasteiger partial charge in [-0.15, -0.1) is 0 Å². The lowest BCUT2D eigenvalue weighted by molar-refractivity contribution is -0.113. The molecule has 120 valence electrons. The van der Waals surface area contributed by atoms with Gasteiger partial charge in [0.2, 0.25) is 5.12 Å². The van der Waals surface area contributed by atoms with Gasteiger partial charge in [0.1, 0.15) is 6.04 Å². The molecular formula is C18H20N2O2S. The van der Waals surface area contributed by atoms with Crippen molar-refractivity contribution >= 4 is 33.0 Å². The van der Waals surface area contributed by atoms with Crippen LogP contribution in [0.15, 0.2) is 42.1 Å². The molecule has 3 rings (SSSR count). The van der Waals surface area contributed by atoms with Gasteiger partial charge in [-0.25, -0.2) is 0 Å². The van der Waals surface area contributed by atoms with Gasteiger partial charge in [-0.2, -0.15) is 0 Å². The second kappa shape index (κ2) is 6.24. The molecule has 1 aliphatic heterocycles. The van der Waals surface area contributed by atoms with E-state index in [-0.39, 0.29) is 10.4 Å². The molecule has 4 nitrogen and oxygen atoms in total. The number of benzene rings is 1. The molecule has 1 aromatic heterocycles. The fourth-order valence-electron chi connectivity index (χ4n) is 2.99. The number of rotatable bonds is 4. The van der Waals surface area contributed by atoms with Crippen molar-refractivity contribution < 1.29 is 9.59 Å².